The van der Waals surface area contributed by atoms with Crippen molar-refractivity contribution in [2.75, 3.05) is 18.0 Å². The maximum Gasteiger partial charge on any atom is 0.407 e. The van der Waals surface area contributed by atoms with E-state index < -0.39 is 23.4 Å². The molecule has 1 saturated carbocycles. The van der Waals surface area contributed by atoms with E-state index in [9.17, 15) is 18.8 Å². The van der Waals surface area contributed by atoms with Gasteiger partial charge >= 0.3 is 6.09 Å². The summed E-state index contributed by atoms with van der Waals surface area (Å²) in [5.41, 5.74) is 0.729. The zero-order valence-electron chi connectivity index (χ0n) is 18.8. The summed E-state index contributed by atoms with van der Waals surface area (Å²) in [7, 11) is 0. The molecule has 2 aliphatic rings. The summed E-state index contributed by atoms with van der Waals surface area (Å²) in [4.78, 5) is 38.4. The average Bonchev–Trinajstić information content (AvgIpc) is 3.25. The number of alkyl carbamates (subject to hydrolysis) is 1. The van der Waals surface area contributed by atoms with Crippen molar-refractivity contribution in [2.45, 2.75) is 57.2 Å². The predicted octanol–water partition coefficient (Wildman–Crippen LogP) is 2.92. The number of H-pyrrole nitrogens is 1. The van der Waals surface area contributed by atoms with Gasteiger partial charge in [-0.05, 0) is 44.2 Å². The Kier molecular flexibility index (Phi) is 7.35. The fraction of sp³-hybridized carbons (Fsp3) is 0.478. The fourth-order valence-electron chi connectivity index (χ4n) is 4.55. The first-order valence-electron chi connectivity index (χ1n) is 11.3. The van der Waals surface area contributed by atoms with Crippen molar-refractivity contribution in [1.82, 2.24) is 20.8 Å². The van der Waals surface area contributed by atoms with Crippen LogP contribution in [0, 0.1) is 12.7 Å². The number of hydrogen-bond donors (Lipinski definition) is 3. The van der Waals surface area contributed by atoms with E-state index in [0.717, 1.165) is 0 Å². The number of aryl methyl sites for hydroxylation is 1. The second kappa shape index (κ2) is 10.4. The fourth-order valence-corrected chi connectivity index (χ4v) is 4.76. The van der Waals surface area contributed by atoms with Crippen LogP contribution in [0.5, 0.6) is 0 Å². The average molecular weight is 492 g/mol. The highest BCUT2D eigenvalue weighted by Crippen LogP contribution is 2.26. The molecule has 2 heterocycles. The third kappa shape index (κ3) is 5.49. The van der Waals surface area contributed by atoms with E-state index in [-0.39, 0.29) is 28.8 Å². The van der Waals surface area contributed by atoms with E-state index in [1.807, 2.05) is 4.90 Å². The van der Waals surface area contributed by atoms with E-state index >= 15 is 0 Å². The van der Waals surface area contributed by atoms with E-state index in [4.69, 9.17) is 16.3 Å². The predicted molar refractivity (Wildman–Crippen MR) is 125 cm³/mol. The first-order valence-corrected chi connectivity index (χ1v) is 11.7. The topological polar surface area (TPSA) is 116 Å². The Balaban J connectivity index is 1.21. The van der Waals surface area contributed by atoms with Crippen LogP contribution in [0.3, 0.4) is 0 Å². The van der Waals surface area contributed by atoms with E-state index in [1.54, 1.807) is 19.1 Å². The van der Waals surface area contributed by atoms with Crippen LogP contribution in [-0.4, -0.2) is 53.5 Å². The number of ether oxygens (including phenoxy) is 1. The van der Waals surface area contributed by atoms with Gasteiger partial charge in [0, 0.05) is 25.0 Å². The van der Waals surface area contributed by atoms with Gasteiger partial charge in [0.1, 0.15) is 16.9 Å². The molecule has 3 N–H and O–H groups in total. The summed E-state index contributed by atoms with van der Waals surface area (Å²) in [6, 6.07) is 4.44. The number of anilines is 1. The molecule has 1 aromatic heterocycles. The SMILES string of the molecule is Cc1cccc(F)c1C(=O)NC1CCC(NC(=O)O[C@@H]2CCN(c3cn[nH]c(=O)c3Cl)C2)CC1. The standard InChI is InChI=1S/C23H27ClFN5O4/c1-13-3-2-4-17(25)19(13)21(31)27-14-5-7-15(8-6-14)28-23(33)34-16-9-10-30(12-16)18-11-26-29-22(32)20(18)24/h2-4,11,14-16H,5-10,12H2,1H3,(H,27,31)(H,28,33)(H,29,32)/t14?,15?,16-/m1/s1. The van der Waals surface area contributed by atoms with Crippen LogP contribution in [0.25, 0.3) is 0 Å². The van der Waals surface area contributed by atoms with Gasteiger partial charge in [0.25, 0.3) is 11.5 Å². The van der Waals surface area contributed by atoms with E-state index in [0.29, 0.717) is 56.4 Å². The minimum atomic E-state index is -0.529. The number of hydrogen-bond acceptors (Lipinski definition) is 6. The number of aromatic amines is 1. The normalized spacial score (nSPS) is 22.3. The van der Waals surface area contributed by atoms with Crippen LogP contribution in [0.2, 0.25) is 5.02 Å². The smallest absolute Gasteiger partial charge is 0.407 e. The van der Waals surface area contributed by atoms with E-state index in [1.165, 1.54) is 12.3 Å². The Bertz CT molecular complexity index is 1100. The van der Waals surface area contributed by atoms with Crippen molar-refractivity contribution < 1.29 is 18.7 Å². The molecule has 1 aliphatic carbocycles. The second-order valence-corrected chi connectivity index (χ2v) is 9.14. The van der Waals surface area contributed by atoms with Crippen molar-refractivity contribution in [3.05, 3.63) is 56.7 Å². The number of nitrogens with one attached hydrogen (secondary N) is 3. The van der Waals surface area contributed by atoms with Gasteiger partial charge in [-0.2, -0.15) is 5.10 Å². The Morgan fingerprint density at radius 1 is 1.18 bits per heavy atom. The lowest BCUT2D eigenvalue weighted by Gasteiger charge is -2.30. The number of halogens is 2. The Hall–Kier alpha value is -3.14. The number of rotatable bonds is 5. The lowest BCUT2D eigenvalue weighted by atomic mass is 9.91. The summed E-state index contributed by atoms with van der Waals surface area (Å²) in [5, 5.41) is 11.9. The highest BCUT2D eigenvalue weighted by molar-refractivity contribution is 6.33. The Labute approximate surface area is 201 Å². The molecule has 2 fully saturated rings. The summed E-state index contributed by atoms with van der Waals surface area (Å²) in [6.07, 6.45) is 4.00. The van der Waals surface area contributed by atoms with Crippen LogP contribution in [0.15, 0.2) is 29.2 Å². The highest BCUT2D eigenvalue weighted by atomic mass is 35.5. The Morgan fingerprint density at radius 2 is 1.88 bits per heavy atom. The molecular weight excluding hydrogens is 465 g/mol. The van der Waals surface area contributed by atoms with Gasteiger partial charge in [0.2, 0.25) is 0 Å². The zero-order chi connectivity index (χ0) is 24.2. The molecule has 1 aromatic carbocycles. The van der Waals surface area contributed by atoms with Gasteiger partial charge in [-0.25, -0.2) is 14.3 Å². The van der Waals surface area contributed by atoms with Crippen molar-refractivity contribution in [3.8, 4) is 0 Å². The van der Waals surface area contributed by atoms with Crippen molar-refractivity contribution in [2.24, 2.45) is 0 Å². The van der Waals surface area contributed by atoms with Crippen molar-refractivity contribution in [1.29, 1.82) is 0 Å². The molecule has 2 amide bonds. The number of amides is 2. The Morgan fingerprint density at radius 3 is 2.59 bits per heavy atom. The van der Waals surface area contributed by atoms with Crippen LogP contribution < -0.4 is 21.1 Å². The number of carbonyl (C=O) groups excluding carboxylic acids is 2. The minimum Gasteiger partial charge on any atom is -0.444 e. The molecule has 182 valence electrons. The molecule has 4 rings (SSSR count). The van der Waals surface area contributed by atoms with Crippen LogP contribution in [0.4, 0.5) is 14.9 Å². The molecule has 34 heavy (non-hydrogen) atoms. The molecule has 2 aromatic rings. The minimum absolute atomic E-state index is 0.0558. The molecule has 11 heteroatoms. The number of nitrogens with zero attached hydrogens (tertiary/aromatic N) is 2. The molecular formula is C23H27ClFN5O4. The molecule has 1 atom stereocenters. The molecule has 1 aliphatic heterocycles. The first-order chi connectivity index (χ1) is 16.3. The molecule has 9 nitrogen and oxygen atoms in total. The molecule has 0 unspecified atom stereocenters. The largest absolute Gasteiger partial charge is 0.444 e. The van der Waals surface area contributed by atoms with Crippen LogP contribution in [-0.2, 0) is 4.74 Å². The van der Waals surface area contributed by atoms with Crippen LogP contribution >= 0.6 is 11.6 Å². The monoisotopic (exact) mass is 491 g/mol. The van der Waals surface area contributed by atoms with Gasteiger partial charge < -0.3 is 20.3 Å². The summed E-state index contributed by atoms with van der Waals surface area (Å²) in [6.45, 7) is 2.72. The highest BCUT2D eigenvalue weighted by Gasteiger charge is 2.30. The lowest BCUT2D eigenvalue weighted by Crippen LogP contribution is -2.44. The van der Waals surface area contributed by atoms with Gasteiger partial charge in [-0.3, -0.25) is 9.59 Å². The van der Waals surface area contributed by atoms with E-state index in [2.05, 4.69) is 20.8 Å². The summed E-state index contributed by atoms with van der Waals surface area (Å²) < 4.78 is 19.6. The first kappa shape index (κ1) is 24.0. The molecule has 1 saturated heterocycles. The van der Waals surface area contributed by atoms with Gasteiger partial charge in [-0.1, -0.05) is 23.7 Å². The lowest BCUT2D eigenvalue weighted by molar-refractivity contribution is 0.0904. The number of carbonyl (C=O) groups is 2. The maximum atomic E-state index is 14.0. The quantitative estimate of drug-likeness (QED) is 0.592. The third-order valence-electron chi connectivity index (χ3n) is 6.37. The molecule has 0 spiro atoms. The third-order valence-corrected chi connectivity index (χ3v) is 6.74. The summed E-state index contributed by atoms with van der Waals surface area (Å²) >= 11 is 6.06. The number of aromatic nitrogens is 2. The zero-order valence-corrected chi connectivity index (χ0v) is 19.5. The molecule has 0 radical (unpaired) electrons. The summed E-state index contributed by atoms with van der Waals surface area (Å²) in [5.74, 6) is -0.938. The van der Waals surface area contributed by atoms with Crippen molar-refractivity contribution >= 4 is 29.3 Å². The second-order valence-electron chi connectivity index (χ2n) is 8.76. The van der Waals surface area contributed by atoms with Gasteiger partial charge in [-0.15, -0.1) is 0 Å². The van der Waals surface area contributed by atoms with Gasteiger partial charge in [0.05, 0.1) is 24.0 Å². The van der Waals surface area contributed by atoms with Crippen LogP contribution in [0.1, 0.15) is 48.0 Å². The van der Waals surface area contributed by atoms with Crippen molar-refractivity contribution in [3.63, 3.8) is 0 Å². The maximum absolute atomic E-state index is 14.0. The van der Waals surface area contributed by atoms with Gasteiger partial charge in [0.15, 0.2) is 0 Å². The number of benzene rings is 1. The molecule has 0 bridgehead atoms.